The second-order valence-electron chi connectivity index (χ2n) is 4.93. The molecule has 0 atom stereocenters. The van der Waals surface area contributed by atoms with E-state index in [0.717, 1.165) is 5.69 Å². The number of nitrogens with one attached hydrogen (secondary N) is 2. The van der Waals surface area contributed by atoms with Gasteiger partial charge in [0.15, 0.2) is 5.75 Å². The van der Waals surface area contributed by atoms with Crippen LogP contribution in [0.2, 0.25) is 0 Å². The fourth-order valence-electron chi connectivity index (χ4n) is 2.21. The van der Waals surface area contributed by atoms with Crippen LogP contribution >= 0.6 is 0 Å². The molecule has 0 aliphatic carbocycles. The monoisotopic (exact) mass is 316 g/mol. The maximum absolute atomic E-state index is 12.3. The molecule has 2 aromatic rings. The van der Waals surface area contributed by atoms with Gasteiger partial charge in [-0.1, -0.05) is 6.92 Å². The molecule has 1 heterocycles. The lowest BCUT2D eigenvalue weighted by Crippen LogP contribution is -2.16. The van der Waals surface area contributed by atoms with Gasteiger partial charge in [0.2, 0.25) is 5.75 Å². The van der Waals surface area contributed by atoms with E-state index >= 15 is 0 Å². The van der Waals surface area contributed by atoms with Crippen molar-refractivity contribution in [1.29, 1.82) is 0 Å². The van der Waals surface area contributed by atoms with Gasteiger partial charge in [-0.25, -0.2) is 0 Å². The zero-order chi connectivity index (χ0) is 17.0. The van der Waals surface area contributed by atoms with Crippen LogP contribution in [0.3, 0.4) is 0 Å². The summed E-state index contributed by atoms with van der Waals surface area (Å²) in [5, 5.41) is 3.67. The van der Waals surface area contributed by atoms with Crippen molar-refractivity contribution >= 4 is 22.6 Å². The Hall–Kier alpha value is -2.76. The molecule has 0 aliphatic heterocycles. The predicted octanol–water partition coefficient (Wildman–Crippen LogP) is 3.19. The number of aromatic nitrogens is 1. The maximum Gasteiger partial charge on any atom is 0.308 e. The summed E-state index contributed by atoms with van der Waals surface area (Å²) < 4.78 is 10.9. The molecule has 2 rings (SSSR count). The number of esters is 1. The number of ether oxygens (including phenoxy) is 2. The number of rotatable bonds is 5. The first kappa shape index (κ1) is 16.6. The number of aromatic amines is 1. The Kier molecular flexibility index (Phi) is 5.05. The van der Waals surface area contributed by atoms with Crippen molar-refractivity contribution in [3.05, 3.63) is 40.4 Å². The van der Waals surface area contributed by atoms with Crippen LogP contribution in [0.15, 0.2) is 34.8 Å². The first-order valence-electron chi connectivity index (χ1n) is 7.39. The van der Waals surface area contributed by atoms with E-state index in [4.69, 9.17) is 9.47 Å². The van der Waals surface area contributed by atoms with Crippen molar-refractivity contribution in [3.63, 3.8) is 0 Å². The van der Waals surface area contributed by atoms with Gasteiger partial charge in [0.1, 0.15) is 0 Å². The van der Waals surface area contributed by atoms with Crippen LogP contribution in [0.1, 0.15) is 27.2 Å². The van der Waals surface area contributed by atoms with E-state index in [1.807, 2.05) is 32.1 Å². The average molecular weight is 316 g/mol. The Bertz CT molecular complexity index is 821. The predicted molar refractivity (Wildman–Crippen MR) is 90.1 cm³/mol. The molecule has 0 bridgehead atoms. The molecule has 0 unspecified atom stereocenters. The highest BCUT2D eigenvalue weighted by atomic mass is 16.6. The van der Waals surface area contributed by atoms with E-state index in [1.54, 1.807) is 13.1 Å². The van der Waals surface area contributed by atoms with Crippen molar-refractivity contribution in [3.8, 4) is 11.5 Å². The van der Waals surface area contributed by atoms with E-state index in [1.165, 1.54) is 6.92 Å². The molecule has 1 aromatic carbocycles. The van der Waals surface area contributed by atoms with Gasteiger partial charge in [0, 0.05) is 31.5 Å². The number of carbonyl (C=O) groups is 1. The zero-order valence-electron chi connectivity index (χ0n) is 13.6. The standard InChI is InChI=1S/C17H20N2O4/c1-5-12(6-2)23-15-13-8-7-11(18-4)9-14(13)19-17(21)16(15)22-10(3)20/h5,7-9,18H,6H2,1-4H3,(H,19,21). The molecule has 0 radical (unpaired) electrons. The molecule has 0 aliphatic rings. The second kappa shape index (κ2) is 7.00. The highest BCUT2D eigenvalue weighted by Crippen LogP contribution is 2.34. The van der Waals surface area contributed by atoms with Crippen LogP contribution in [0.4, 0.5) is 5.69 Å². The smallest absolute Gasteiger partial charge is 0.308 e. The summed E-state index contributed by atoms with van der Waals surface area (Å²) in [5.74, 6) is 0.222. The minimum absolute atomic E-state index is 0.130. The van der Waals surface area contributed by atoms with Gasteiger partial charge in [0.25, 0.3) is 5.56 Å². The summed E-state index contributed by atoms with van der Waals surface area (Å²) in [4.78, 5) is 26.3. The number of benzene rings is 1. The third-order valence-corrected chi connectivity index (χ3v) is 3.36. The van der Waals surface area contributed by atoms with Crippen LogP contribution in [0.5, 0.6) is 11.5 Å². The van der Waals surface area contributed by atoms with E-state index in [9.17, 15) is 9.59 Å². The maximum atomic E-state index is 12.3. The number of allylic oxidation sites excluding steroid dienone is 2. The summed E-state index contributed by atoms with van der Waals surface area (Å²) in [7, 11) is 1.79. The van der Waals surface area contributed by atoms with Gasteiger partial charge in [-0.3, -0.25) is 9.59 Å². The van der Waals surface area contributed by atoms with Crippen molar-refractivity contribution in [2.75, 3.05) is 12.4 Å². The van der Waals surface area contributed by atoms with E-state index < -0.39 is 11.5 Å². The normalized spacial score (nSPS) is 11.4. The molecular weight excluding hydrogens is 296 g/mol. The van der Waals surface area contributed by atoms with Crippen LogP contribution < -0.4 is 20.3 Å². The third kappa shape index (κ3) is 3.53. The van der Waals surface area contributed by atoms with Crippen molar-refractivity contribution in [2.24, 2.45) is 0 Å². The van der Waals surface area contributed by atoms with Gasteiger partial charge in [0.05, 0.1) is 11.3 Å². The molecule has 0 saturated carbocycles. The number of hydrogen-bond acceptors (Lipinski definition) is 5. The van der Waals surface area contributed by atoms with E-state index in [-0.39, 0.29) is 11.5 Å². The highest BCUT2D eigenvalue weighted by molar-refractivity contribution is 5.90. The van der Waals surface area contributed by atoms with E-state index in [2.05, 4.69) is 10.3 Å². The van der Waals surface area contributed by atoms with Gasteiger partial charge in [-0.15, -0.1) is 0 Å². The molecule has 0 spiro atoms. The van der Waals surface area contributed by atoms with E-state index in [0.29, 0.717) is 23.1 Å². The largest absolute Gasteiger partial charge is 0.457 e. The Balaban J connectivity index is 2.74. The van der Waals surface area contributed by atoms with Gasteiger partial charge in [-0.05, 0) is 31.2 Å². The van der Waals surface area contributed by atoms with Crippen molar-refractivity contribution < 1.29 is 14.3 Å². The second-order valence-corrected chi connectivity index (χ2v) is 4.93. The fraction of sp³-hybridized carbons (Fsp3) is 0.294. The minimum atomic E-state index is -0.579. The number of carbonyl (C=O) groups excluding carboxylic acids is 1. The molecule has 0 amide bonds. The van der Waals surface area contributed by atoms with Crippen molar-refractivity contribution in [1.82, 2.24) is 4.98 Å². The third-order valence-electron chi connectivity index (χ3n) is 3.36. The Labute approximate surface area is 134 Å². The molecule has 0 saturated heterocycles. The summed E-state index contributed by atoms with van der Waals surface area (Å²) in [6, 6.07) is 5.46. The average Bonchev–Trinajstić information content (AvgIpc) is 2.53. The summed E-state index contributed by atoms with van der Waals surface area (Å²) in [5.41, 5.74) is 0.933. The van der Waals surface area contributed by atoms with Crippen LogP contribution in [0, 0.1) is 0 Å². The number of pyridine rings is 1. The molecule has 23 heavy (non-hydrogen) atoms. The summed E-state index contributed by atoms with van der Waals surface area (Å²) in [6.07, 6.45) is 2.46. The topological polar surface area (TPSA) is 80.4 Å². The first-order chi connectivity index (χ1) is 11.0. The molecule has 122 valence electrons. The van der Waals surface area contributed by atoms with Crippen LogP contribution in [-0.2, 0) is 4.79 Å². The quantitative estimate of drug-likeness (QED) is 0.654. The Morgan fingerprint density at radius 1 is 1.30 bits per heavy atom. The Morgan fingerprint density at radius 2 is 2.04 bits per heavy atom. The first-order valence-corrected chi connectivity index (χ1v) is 7.39. The molecule has 6 nitrogen and oxygen atoms in total. The van der Waals surface area contributed by atoms with Gasteiger partial charge >= 0.3 is 5.97 Å². The summed E-state index contributed by atoms with van der Waals surface area (Å²) >= 11 is 0. The summed E-state index contributed by atoms with van der Waals surface area (Å²) in [6.45, 7) is 5.03. The SMILES string of the molecule is CC=C(CC)Oc1c(OC(C)=O)c(=O)[nH]c2cc(NC)ccc12. The minimum Gasteiger partial charge on any atom is -0.457 e. The number of fused-ring (bicyclic) bond motifs is 1. The van der Waals surface area contributed by atoms with Gasteiger partial charge in [-0.2, -0.15) is 0 Å². The molecule has 6 heteroatoms. The Morgan fingerprint density at radius 3 is 2.61 bits per heavy atom. The van der Waals surface area contributed by atoms with Crippen LogP contribution in [-0.4, -0.2) is 18.0 Å². The molecule has 2 N–H and O–H groups in total. The zero-order valence-corrected chi connectivity index (χ0v) is 13.6. The highest BCUT2D eigenvalue weighted by Gasteiger charge is 2.18. The lowest BCUT2D eigenvalue weighted by atomic mass is 10.1. The number of anilines is 1. The number of H-pyrrole nitrogens is 1. The van der Waals surface area contributed by atoms with Crippen molar-refractivity contribution in [2.45, 2.75) is 27.2 Å². The lowest BCUT2D eigenvalue weighted by Gasteiger charge is -2.14. The molecular formula is C17H20N2O4. The molecule has 0 fully saturated rings. The van der Waals surface area contributed by atoms with Gasteiger partial charge < -0.3 is 19.8 Å². The molecule has 1 aromatic heterocycles. The fourth-order valence-corrected chi connectivity index (χ4v) is 2.21. The lowest BCUT2D eigenvalue weighted by molar-refractivity contribution is -0.132. The van der Waals surface area contributed by atoms with Crippen LogP contribution in [0.25, 0.3) is 10.9 Å². The number of hydrogen-bond donors (Lipinski definition) is 2.